The van der Waals surface area contributed by atoms with Crippen molar-refractivity contribution in [2.45, 2.75) is 24.8 Å². The van der Waals surface area contributed by atoms with Crippen LogP contribution in [0.25, 0.3) is 5.65 Å². The lowest BCUT2D eigenvalue weighted by atomic mass is 9.77. The number of fused-ring (bicyclic) bond motifs is 1. The fraction of sp³-hybridized carbons (Fsp3) is 0.455. The average Bonchev–Trinajstić information content (AvgIpc) is 2.70. The topological polar surface area (TPSA) is 62.5 Å². The van der Waals surface area contributed by atoms with Gasteiger partial charge in [0, 0.05) is 12.3 Å². The van der Waals surface area contributed by atoms with Crippen LogP contribution >= 0.6 is 0 Å². The summed E-state index contributed by atoms with van der Waals surface area (Å²) in [6, 6.07) is 3.74. The zero-order chi connectivity index (χ0) is 11.0. The molecule has 0 saturated heterocycles. The quantitative estimate of drug-likeness (QED) is 0.808. The van der Waals surface area contributed by atoms with Crippen LogP contribution < -0.4 is 5.32 Å². The summed E-state index contributed by atoms with van der Waals surface area (Å²) >= 11 is 0. The Labute approximate surface area is 93.1 Å². The summed E-state index contributed by atoms with van der Waals surface area (Å²) in [5.74, 6) is 0.807. The highest BCUT2D eigenvalue weighted by Crippen LogP contribution is 2.34. The fourth-order valence-electron chi connectivity index (χ4n) is 2.08. The molecule has 1 aliphatic rings. The first kappa shape index (κ1) is 9.59. The van der Waals surface area contributed by atoms with E-state index < -0.39 is 0 Å². The van der Waals surface area contributed by atoms with Gasteiger partial charge < -0.3 is 10.4 Å². The Bertz CT molecular complexity index is 498. The average molecular weight is 218 g/mol. The lowest BCUT2D eigenvalue weighted by Gasteiger charge is -2.41. The summed E-state index contributed by atoms with van der Waals surface area (Å²) in [6.07, 6.45) is 6.78. The maximum absolute atomic E-state index is 9.36. The van der Waals surface area contributed by atoms with Gasteiger partial charge in [-0.2, -0.15) is 5.10 Å². The lowest BCUT2D eigenvalue weighted by molar-refractivity contribution is 0.144. The van der Waals surface area contributed by atoms with Crippen molar-refractivity contribution in [3.05, 3.63) is 24.5 Å². The van der Waals surface area contributed by atoms with Crippen LogP contribution in [0.5, 0.6) is 0 Å². The van der Waals surface area contributed by atoms with E-state index in [-0.39, 0.29) is 12.1 Å². The molecule has 2 aromatic rings. The Morgan fingerprint density at radius 3 is 3.00 bits per heavy atom. The van der Waals surface area contributed by atoms with Gasteiger partial charge >= 0.3 is 0 Å². The van der Waals surface area contributed by atoms with Gasteiger partial charge in [0.2, 0.25) is 0 Å². The van der Waals surface area contributed by atoms with Crippen LogP contribution in [0.3, 0.4) is 0 Å². The van der Waals surface area contributed by atoms with E-state index in [0.717, 1.165) is 24.3 Å². The first-order chi connectivity index (χ1) is 7.81. The third-order valence-electron chi connectivity index (χ3n) is 3.26. The van der Waals surface area contributed by atoms with E-state index in [1.807, 2.05) is 18.3 Å². The van der Waals surface area contributed by atoms with Gasteiger partial charge in [0.25, 0.3) is 0 Å². The Balaban J connectivity index is 1.88. The monoisotopic (exact) mass is 218 g/mol. The minimum absolute atomic E-state index is 0.147. The molecule has 2 heterocycles. The third-order valence-corrected chi connectivity index (χ3v) is 3.26. The highest BCUT2D eigenvalue weighted by atomic mass is 16.3. The first-order valence-corrected chi connectivity index (χ1v) is 5.51. The molecular weight excluding hydrogens is 204 g/mol. The molecule has 5 nitrogen and oxygen atoms in total. The van der Waals surface area contributed by atoms with E-state index in [1.54, 1.807) is 10.7 Å². The summed E-state index contributed by atoms with van der Waals surface area (Å²) in [5.41, 5.74) is 0.670. The second kappa shape index (κ2) is 3.45. The normalized spacial score (nSPS) is 18.3. The number of nitrogens with zero attached hydrogens (tertiary/aromatic N) is 3. The Morgan fingerprint density at radius 1 is 1.44 bits per heavy atom. The second-order valence-electron chi connectivity index (χ2n) is 4.36. The van der Waals surface area contributed by atoms with Crippen LogP contribution in [-0.2, 0) is 0 Å². The zero-order valence-electron chi connectivity index (χ0n) is 8.93. The maximum atomic E-state index is 9.36. The number of rotatable bonds is 3. The molecule has 0 aliphatic heterocycles. The molecule has 1 aliphatic carbocycles. The Kier molecular flexibility index (Phi) is 2.07. The van der Waals surface area contributed by atoms with Crippen LogP contribution in [0.15, 0.2) is 24.5 Å². The van der Waals surface area contributed by atoms with Crippen LogP contribution in [-0.4, -0.2) is 31.9 Å². The van der Waals surface area contributed by atoms with Crippen molar-refractivity contribution < 1.29 is 5.11 Å². The third kappa shape index (κ3) is 1.44. The molecule has 1 saturated carbocycles. The molecule has 2 aromatic heterocycles. The van der Waals surface area contributed by atoms with E-state index in [0.29, 0.717) is 0 Å². The van der Waals surface area contributed by atoms with Crippen molar-refractivity contribution in [2.75, 3.05) is 11.9 Å². The van der Waals surface area contributed by atoms with Gasteiger partial charge in [-0.1, -0.05) is 0 Å². The molecule has 16 heavy (non-hydrogen) atoms. The Hall–Kier alpha value is -1.62. The summed E-state index contributed by atoms with van der Waals surface area (Å²) < 4.78 is 1.72. The lowest BCUT2D eigenvalue weighted by Crippen LogP contribution is -2.48. The second-order valence-corrected chi connectivity index (χ2v) is 4.36. The predicted octanol–water partition coefficient (Wildman–Crippen LogP) is 1.06. The summed E-state index contributed by atoms with van der Waals surface area (Å²) in [4.78, 5) is 4.43. The van der Waals surface area contributed by atoms with Gasteiger partial charge in [-0.05, 0) is 25.3 Å². The summed E-state index contributed by atoms with van der Waals surface area (Å²) in [7, 11) is 0. The number of aliphatic hydroxyl groups is 1. The highest BCUT2D eigenvalue weighted by Gasteiger charge is 2.36. The van der Waals surface area contributed by atoms with E-state index in [1.165, 1.54) is 6.42 Å². The summed E-state index contributed by atoms with van der Waals surface area (Å²) in [6.45, 7) is 0.166. The predicted molar refractivity (Wildman–Crippen MR) is 60.3 cm³/mol. The maximum Gasteiger partial charge on any atom is 0.157 e. The molecule has 84 valence electrons. The molecule has 0 amide bonds. The van der Waals surface area contributed by atoms with Crippen molar-refractivity contribution in [1.82, 2.24) is 14.6 Å². The molecular formula is C11H14N4O. The van der Waals surface area contributed by atoms with Crippen molar-refractivity contribution in [3.63, 3.8) is 0 Å². The van der Waals surface area contributed by atoms with Gasteiger partial charge in [-0.3, -0.25) is 0 Å². The van der Waals surface area contributed by atoms with Crippen molar-refractivity contribution in [3.8, 4) is 0 Å². The molecule has 0 spiro atoms. The largest absolute Gasteiger partial charge is 0.394 e. The minimum atomic E-state index is -0.147. The number of aromatic nitrogens is 3. The van der Waals surface area contributed by atoms with E-state index in [9.17, 15) is 5.11 Å². The van der Waals surface area contributed by atoms with Gasteiger partial charge in [-0.15, -0.1) is 0 Å². The summed E-state index contributed by atoms with van der Waals surface area (Å²) in [5, 5.41) is 16.8. The van der Waals surface area contributed by atoms with Gasteiger partial charge in [0.05, 0.1) is 18.3 Å². The van der Waals surface area contributed by atoms with Crippen LogP contribution in [0.1, 0.15) is 19.3 Å². The molecule has 0 unspecified atom stereocenters. The highest BCUT2D eigenvalue weighted by molar-refractivity contribution is 5.47. The number of aliphatic hydroxyl groups excluding tert-OH is 1. The van der Waals surface area contributed by atoms with Gasteiger partial charge in [-0.25, -0.2) is 9.50 Å². The molecule has 0 radical (unpaired) electrons. The number of nitrogens with one attached hydrogen (secondary N) is 1. The molecule has 0 atom stereocenters. The molecule has 5 heteroatoms. The van der Waals surface area contributed by atoms with Crippen LogP contribution in [0.4, 0.5) is 5.82 Å². The minimum Gasteiger partial charge on any atom is -0.394 e. The van der Waals surface area contributed by atoms with E-state index >= 15 is 0 Å². The SMILES string of the molecule is OCC1(Nc2ccn3nccc3n2)CCC1. The number of anilines is 1. The standard InChI is InChI=1S/C11H14N4O/c16-8-11(4-1-5-11)14-9-3-7-15-10(13-9)2-6-12-15/h2-3,6-7,16H,1,4-5,8H2,(H,13,14). The molecule has 1 fully saturated rings. The van der Waals surface area contributed by atoms with E-state index in [4.69, 9.17) is 0 Å². The molecule has 0 aromatic carbocycles. The van der Waals surface area contributed by atoms with Crippen LogP contribution in [0.2, 0.25) is 0 Å². The molecule has 3 rings (SSSR count). The van der Waals surface area contributed by atoms with Gasteiger partial charge in [0.1, 0.15) is 5.82 Å². The smallest absolute Gasteiger partial charge is 0.157 e. The van der Waals surface area contributed by atoms with Crippen molar-refractivity contribution in [1.29, 1.82) is 0 Å². The molecule has 2 N–H and O–H groups in total. The van der Waals surface area contributed by atoms with E-state index in [2.05, 4.69) is 15.4 Å². The Morgan fingerprint density at radius 2 is 2.31 bits per heavy atom. The first-order valence-electron chi connectivity index (χ1n) is 5.51. The number of hydrogen-bond acceptors (Lipinski definition) is 4. The zero-order valence-corrected chi connectivity index (χ0v) is 8.93. The van der Waals surface area contributed by atoms with Crippen molar-refractivity contribution >= 4 is 11.5 Å². The molecule has 0 bridgehead atoms. The fourth-order valence-corrected chi connectivity index (χ4v) is 2.08. The van der Waals surface area contributed by atoms with Crippen molar-refractivity contribution in [2.24, 2.45) is 0 Å². The number of hydrogen-bond donors (Lipinski definition) is 2. The van der Waals surface area contributed by atoms with Gasteiger partial charge in [0.15, 0.2) is 5.65 Å². The van der Waals surface area contributed by atoms with Crippen LogP contribution in [0, 0.1) is 0 Å².